The standard InChI is InChI=1S/C19H26N4O3/c1-13(19(24)25)23-8-6-14(7-9-23)10-17-11-18(22-26-17)16-4-2-15(3-5-16)12-21-20/h2-5,12-14,17H,6-11,20H2,1H3,(H,24,25). The van der Waals surface area contributed by atoms with Gasteiger partial charge in [0.25, 0.3) is 0 Å². The summed E-state index contributed by atoms with van der Waals surface area (Å²) >= 11 is 0. The van der Waals surface area contributed by atoms with Gasteiger partial charge in [0, 0.05) is 6.42 Å². The molecule has 0 saturated carbocycles. The summed E-state index contributed by atoms with van der Waals surface area (Å²) in [6.07, 6.45) is 5.54. The van der Waals surface area contributed by atoms with Crippen LogP contribution in [0.2, 0.25) is 0 Å². The van der Waals surface area contributed by atoms with E-state index in [2.05, 4.69) is 10.3 Å². The van der Waals surface area contributed by atoms with Crippen molar-refractivity contribution in [2.45, 2.75) is 44.8 Å². The fourth-order valence-electron chi connectivity index (χ4n) is 3.68. The Morgan fingerprint density at radius 3 is 2.73 bits per heavy atom. The molecule has 0 aromatic heterocycles. The summed E-state index contributed by atoms with van der Waals surface area (Å²) in [5, 5.41) is 16.9. The SMILES string of the molecule is CC(C(=O)O)N1CCC(CC2CC(c3ccc(C=NN)cc3)=NO2)CC1. The fourth-order valence-corrected chi connectivity index (χ4v) is 3.68. The minimum Gasteiger partial charge on any atom is -0.480 e. The number of benzene rings is 1. The van der Waals surface area contributed by atoms with Crippen LogP contribution in [0.3, 0.4) is 0 Å². The number of rotatable bonds is 6. The van der Waals surface area contributed by atoms with E-state index < -0.39 is 12.0 Å². The van der Waals surface area contributed by atoms with Crippen LogP contribution in [0.5, 0.6) is 0 Å². The van der Waals surface area contributed by atoms with Crippen LogP contribution >= 0.6 is 0 Å². The van der Waals surface area contributed by atoms with E-state index in [-0.39, 0.29) is 6.10 Å². The number of carbonyl (C=O) groups is 1. The van der Waals surface area contributed by atoms with Crippen molar-refractivity contribution in [3.8, 4) is 0 Å². The maximum absolute atomic E-state index is 11.1. The van der Waals surface area contributed by atoms with Gasteiger partial charge in [-0.3, -0.25) is 9.69 Å². The van der Waals surface area contributed by atoms with Gasteiger partial charge in [-0.1, -0.05) is 29.4 Å². The first-order valence-corrected chi connectivity index (χ1v) is 9.10. The van der Waals surface area contributed by atoms with E-state index in [9.17, 15) is 4.79 Å². The normalized spacial score (nSPS) is 23.0. The third-order valence-corrected chi connectivity index (χ3v) is 5.35. The zero-order chi connectivity index (χ0) is 18.5. The Balaban J connectivity index is 1.47. The van der Waals surface area contributed by atoms with Crippen LogP contribution in [0.25, 0.3) is 0 Å². The molecule has 0 radical (unpaired) electrons. The molecule has 2 atom stereocenters. The molecule has 2 aliphatic rings. The Kier molecular flexibility index (Phi) is 5.88. The van der Waals surface area contributed by atoms with Gasteiger partial charge in [-0.2, -0.15) is 5.10 Å². The predicted molar refractivity (Wildman–Crippen MR) is 100 cm³/mol. The van der Waals surface area contributed by atoms with E-state index in [1.54, 1.807) is 13.1 Å². The van der Waals surface area contributed by atoms with Gasteiger partial charge in [0.1, 0.15) is 12.1 Å². The lowest BCUT2D eigenvalue weighted by Gasteiger charge is -2.34. The van der Waals surface area contributed by atoms with E-state index in [4.69, 9.17) is 15.8 Å². The van der Waals surface area contributed by atoms with E-state index >= 15 is 0 Å². The second-order valence-corrected chi connectivity index (χ2v) is 7.10. The third kappa shape index (κ3) is 4.40. The Morgan fingerprint density at radius 2 is 2.12 bits per heavy atom. The van der Waals surface area contributed by atoms with E-state index in [1.165, 1.54) is 0 Å². The minimum absolute atomic E-state index is 0.115. The number of aliphatic carboxylic acids is 1. The van der Waals surface area contributed by atoms with Crippen molar-refractivity contribution in [3.63, 3.8) is 0 Å². The quantitative estimate of drug-likeness (QED) is 0.460. The van der Waals surface area contributed by atoms with Crippen LogP contribution in [-0.2, 0) is 9.63 Å². The molecule has 7 nitrogen and oxygen atoms in total. The molecule has 26 heavy (non-hydrogen) atoms. The monoisotopic (exact) mass is 358 g/mol. The summed E-state index contributed by atoms with van der Waals surface area (Å²) < 4.78 is 0. The maximum Gasteiger partial charge on any atom is 0.320 e. The number of nitrogens with two attached hydrogens (primary N) is 1. The van der Waals surface area contributed by atoms with Crippen LogP contribution in [0.1, 0.15) is 43.7 Å². The molecule has 2 aliphatic heterocycles. The molecule has 0 bridgehead atoms. The topological polar surface area (TPSA) is 101 Å². The Labute approximate surface area is 153 Å². The number of hydrogen-bond donors (Lipinski definition) is 2. The number of carboxylic acid groups (broad SMARTS) is 1. The lowest BCUT2D eigenvalue weighted by molar-refractivity contribution is -0.143. The second kappa shape index (κ2) is 8.31. The molecule has 0 spiro atoms. The summed E-state index contributed by atoms with van der Waals surface area (Å²) in [4.78, 5) is 18.8. The number of hydrogen-bond acceptors (Lipinski definition) is 6. The lowest BCUT2D eigenvalue weighted by atomic mass is 9.89. The number of likely N-dealkylation sites (tertiary alicyclic amines) is 1. The Bertz CT molecular complexity index is 679. The van der Waals surface area contributed by atoms with Gasteiger partial charge in [0.2, 0.25) is 0 Å². The smallest absolute Gasteiger partial charge is 0.320 e. The van der Waals surface area contributed by atoms with Crippen LogP contribution in [0.15, 0.2) is 34.5 Å². The highest BCUT2D eigenvalue weighted by Gasteiger charge is 2.30. The van der Waals surface area contributed by atoms with Gasteiger partial charge in [0.05, 0.1) is 11.9 Å². The van der Waals surface area contributed by atoms with Gasteiger partial charge in [-0.15, -0.1) is 0 Å². The molecule has 1 aromatic carbocycles. The molecular formula is C19H26N4O3. The summed E-state index contributed by atoms with van der Waals surface area (Å²) in [5.74, 6) is 4.98. The largest absolute Gasteiger partial charge is 0.480 e. The number of carboxylic acids is 1. The van der Waals surface area contributed by atoms with Crippen LogP contribution in [0.4, 0.5) is 0 Å². The zero-order valence-corrected chi connectivity index (χ0v) is 15.0. The van der Waals surface area contributed by atoms with Crippen molar-refractivity contribution in [2.75, 3.05) is 13.1 Å². The van der Waals surface area contributed by atoms with Crippen molar-refractivity contribution in [1.29, 1.82) is 0 Å². The highest BCUT2D eigenvalue weighted by atomic mass is 16.6. The van der Waals surface area contributed by atoms with Gasteiger partial charge in [0.15, 0.2) is 0 Å². The summed E-state index contributed by atoms with van der Waals surface area (Å²) in [6, 6.07) is 7.53. The Morgan fingerprint density at radius 1 is 1.42 bits per heavy atom. The first-order chi connectivity index (χ1) is 12.6. The molecule has 140 valence electrons. The molecule has 0 aliphatic carbocycles. The van der Waals surface area contributed by atoms with Gasteiger partial charge in [-0.25, -0.2) is 0 Å². The molecule has 3 N–H and O–H groups in total. The number of nitrogens with zero attached hydrogens (tertiary/aromatic N) is 3. The molecule has 1 saturated heterocycles. The second-order valence-electron chi connectivity index (χ2n) is 7.10. The lowest BCUT2D eigenvalue weighted by Crippen LogP contribution is -2.44. The van der Waals surface area contributed by atoms with Crippen LogP contribution in [0, 0.1) is 5.92 Å². The summed E-state index contributed by atoms with van der Waals surface area (Å²) in [7, 11) is 0. The first-order valence-electron chi connectivity index (χ1n) is 9.10. The molecule has 7 heteroatoms. The van der Waals surface area contributed by atoms with Gasteiger partial charge < -0.3 is 15.8 Å². The fraction of sp³-hybridized carbons (Fsp3) is 0.526. The molecule has 2 unspecified atom stereocenters. The molecule has 1 fully saturated rings. The summed E-state index contributed by atoms with van der Waals surface area (Å²) in [5.41, 5.74) is 2.99. The Hall–Kier alpha value is -2.41. The molecule has 0 amide bonds. The average Bonchev–Trinajstić information content (AvgIpc) is 3.11. The van der Waals surface area contributed by atoms with Gasteiger partial charge in [-0.05, 0) is 56.3 Å². The number of hydrazone groups is 1. The van der Waals surface area contributed by atoms with Crippen LogP contribution < -0.4 is 5.84 Å². The van der Waals surface area contributed by atoms with Crippen molar-refractivity contribution >= 4 is 17.9 Å². The number of oxime groups is 1. The highest BCUT2D eigenvalue weighted by molar-refractivity contribution is 6.01. The summed E-state index contributed by atoms with van der Waals surface area (Å²) in [6.45, 7) is 3.43. The third-order valence-electron chi connectivity index (χ3n) is 5.35. The molecule has 2 heterocycles. The molecule has 1 aromatic rings. The molecular weight excluding hydrogens is 332 g/mol. The van der Waals surface area contributed by atoms with Crippen molar-refractivity contribution in [1.82, 2.24) is 4.90 Å². The van der Waals surface area contributed by atoms with E-state index in [1.807, 2.05) is 29.2 Å². The molecule has 3 rings (SSSR count). The zero-order valence-electron chi connectivity index (χ0n) is 15.0. The maximum atomic E-state index is 11.1. The van der Waals surface area contributed by atoms with Crippen molar-refractivity contribution in [2.24, 2.45) is 22.0 Å². The van der Waals surface area contributed by atoms with Crippen molar-refractivity contribution < 1.29 is 14.7 Å². The van der Waals surface area contributed by atoms with Gasteiger partial charge >= 0.3 is 5.97 Å². The van der Waals surface area contributed by atoms with Crippen molar-refractivity contribution in [3.05, 3.63) is 35.4 Å². The predicted octanol–water partition coefficient (Wildman–Crippen LogP) is 2.05. The van der Waals surface area contributed by atoms with E-state index in [0.29, 0.717) is 5.92 Å². The average molecular weight is 358 g/mol. The minimum atomic E-state index is -0.746. The number of piperidine rings is 1. The highest BCUT2D eigenvalue weighted by Crippen LogP contribution is 2.28. The van der Waals surface area contributed by atoms with Crippen LogP contribution in [-0.4, -0.2) is 53.1 Å². The van der Waals surface area contributed by atoms with E-state index in [0.717, 1.165) is 55.6 Å². The first kappa shape index (κ1) is 18.4.